The van der Waals surface area contributed by atoms with Crippen LogP contribution in [0.25, 0.3) is 0 Å². The molecule has 1 aliphatic heterocycles. The van der Waals surface area contributed by atoms with Gasteiger partial charge in [-0.3, -0.25) is 9.59 Å². The lowest BCUT2D eigenvalue weighted by molar-refractivity contribution is -0.132. The molecule has 3 amide bonds. The Hall–Kier alpha value is -2.71. The summed E-state index contributed by atoms with van der Waals surface area (Å²) in [7, 11) is 0. The molecule has 1 aliphatic rings. The largest absolute Gasteiger partial charge is 0.450 e. The summed E-state index contributed by atoms with van der Waals surface area (Å²) in [4.78, 5) is 39.0. The van der Waals surface area contributed by atoms with Gasteiger partial charge in [0.15, 0.2) is 0 Å². The smallest absolute Gasteiger partial charge is 0.409 e. The molecular weight excluding hydrogens is 372 g/mol. The number of hydrogen-bond donors (Lipinski definition) is 1. The normalized spacial score (nSPS) is 14.5. The second kappa shape index (κ2) is 10.0. The molecule has 0 saturated carbocycles. The first-order valence-corrected chi connectivity index (χ1v) is 9.26. The standard InChI is InChI=1S/C19H25F2N3O4/c1-3-28-19(27)23-10-7-14(8-11-23)24(13(2)25)12-9-17(26)22-18-15(20)5-4-6-16(18)21/h4-6,14H,3,7-12H2,1-2H3,(H,22,26). The van der Waals surface area contributed by atoms with Crippen molar-refractivity contribution in [3.05, 3.63) is 29.8 Å². The Balaban J connectivity index is 1.89. The minimum absolute atomic E-state index is 0.0918. The topological polar surface area (TPSA) is 79.0 Å². The maximum atomic E-state index is 13.6. The lowest BCUT2D eigenvalue weighted by atomic mass is 10.0. The zero-order valence-electron chi connectivity index (χ0n) is 16.0. The van der Waals surface area contributed by atoms with Gasteiger partial charge in [0.05, 0.1) is 6.61 Å². The van der Waals surface area contributed by atoms with Gasteiger partial charge in [-0.1, -0.05) is 6.07 Å². The van der Waals surface area contributed by atoms with Crippen LogP contribution in [-0.4, -0.2) is 60.0 Å². The molecule has 0 aromatic heterocycles. The summed E-state index contributed by atoms with van der Waals surface area (Å²) < 4.78 is 32.2. The molecule has 1 saturated heterocycles. The Kier molecular flexibility index (Phi) is 7.71. The highest BCUT2D eigenvalue weighted by molar-refractivity contribution is 5.91. The van der Waals surface area contributed by atoms with E-state index in [-0.39, 0.29) is 31.0 Å². The van der Waals surface area contributed by atoms with Crippen LogP contribution in [0, 0.1) is 11.6 Å². The highest BCUT2D eigenvalue weighted by atomic mass is 19.1. The molecule has 0 bridgehead atoms. The molecule has 1 N–H and O–H groups in total. The highest BCUT2D eigenvalue weighted by Crippen LogP contribution is 2.20. The number of halogens is 2. The monoisotopic (exact) mass is 397 g/mol. The van der Waals surface area contributed by atoms with E-state index in [0.29, 0.717) is 32.5 Å². The van der Waals surface area contributed by atoms with E-state index in [2.05, 4.69) is 5.32 Å². The third-order valence-electron chi connectivity index (χ3n) is 4.64. The molecule has 0 atom stereocenters. The quantitative estimate of drug-likeness (QED) is 0.801. The van der Waals surface area contributed by atoms with Crippen LogP contribution in [0.4, 0.5) is 19.3 Å². The van der Waals surface area contributed by atoms with E-state index in [1.807, 2.05) is 0 Å². The van der Waals surface area contributed by atoms with E-state index in [1.54, 1.807) is 16.7 Å². The van der Waals surface area contributed by atoms with Crippen molar-refractivity contribution >= 4 is 23.6 Å². The van der Waals surface area contributed by atoms with Crippen molar-refractivity contribution in [1.82, 2.24) is 9.80 Å². The molecule has 7 nitrogen and oxygen atoms in total. The van der Waals surface area contributed by atoms with Gasteiger partial charge in [0.1, 0.15) is 17.3 Å². The summed E-state index contributed by atoms with van der Waals surface area (Å²) in [5, 5.41) is 2.22. The number of nitrogens with zero attached hydrogens (tertiary/aromatic N) is 2. The van der Waals surface area contributed by atoms with E-state index in [0.717, 1.165) is 12.1 Å². The molecule has 1 heterocycles. The Labute approximate surface area is 162 Å². The molecule has 1 aromatic carbocycles. The lowest BCUT2D eigenvalue weighted by Gasteiger charge is -2.37. The fourth-order valence-electron chi connectivity index (χ4n) is 3.21. The molecule has 1 aromatic rings. The van der Waals surface area contributed by atoms with Gasteiger partial charge in [-0.05, 0) is 31.9 Å². The first kappa shape index (κ1) is 21.6. The van der Waals surface area contributed by atoms with Crippen LogP contribution < -0.4 is 5.32 Å². The average Bonchev–Trinajstić information content (AvgIpc) is 2.65. The fraction of sp³-hybridized carbons (Fsp3) is 0.526. The van der Waals surface area contributed by atoms with Crippen LogP contribution in [0.5, 0.6) is 0 Å². The first-order chi connectivity index (χ1) is 13.3. The summed E-state index contributed by atoms with van der Waals surface area (Å²) in [5.41, 5.74) is -0.496. The number of para-hydroxylation sites is 1. The van der Waals surface area contributed by atoms with Crippen LogP contribution in [0.1, 0.15) is 33.1 Å². The van der Waals surface area contributed by atoms with E-state index < -0.39 is 23.2 Å². The van der Waals surface area contributed by atoms with Crippen molar-refractivity contribution in [3.8, 4) is 0 Å². The van der Waals surface area contributed by atoms with Crippen molar-refractivity contribution in [3.63, 3.8) is 0 Å². The van der Waals surface area contributed by atoms with E-state index in [1.165, 1.54) is 13.0 Å². The molecule has 2 rings (SSSR count). The maximum absolute atomic E-state index is 13.6. The zero-order valence-corrected chi connectivity index (χ0v) is 16.0. The van der Waals surface area contributed by atoms with Crippen molar-refractivity contribution in [2.24, 2.45) is 0 Å². The maximum Gasteiger partial charge on any atom is 0.409 e. The Morgan fingerprint density at radius 3 is 2.36 bits per heavy atom. The van der Waals surface area contributed by atoms with Gasteiger partial charge in [0, 0.05) is 39.0 Å². The van der Waals surface area contributed by atoms with Crippen LogP contribution in [0.3, 0.4) is 0 Å². The van der Waals surface area contributed by atoms with Gasteiger partial charge >= 0.3 is 6.09 Å². The summed E-state index contributed by atoms with van der Waals surface area (Å²) in [5.74, 6) is -2.50. The van der Waals surface area contributed by atoms with Crippen molar-refractivity contribution in [2.75, 3.05) is 31.6 Å². The molecule has 0 aliphatic carbocycles. The molecule has 28 heavy (non-hydrogen) atoms. The van der Waals surface area contributed by atoms with Crippen LogP contribution in [0.15, 0.2) is 18.2 Å². The SMILES string of the molecule is CCOC(=O)N1CCC(N(CCC(=O)Nc2c(F)cccc2F)C(C)=O)CC1. The second-order valence-electron chi connectivity index (χ2n) is 6.52. The Bertz CT molecular complexity index is 701. The summed E-state index contributed by atoms with van der Waals surface area (Å²) in [6.45, 7) is 4.49. The van der Waals surface area contributed by atoms with Crippen molar-refractivity contribution < 1.29 is 27.9 Å². The molecule has 0 radical (unpaired) electrons. The second-order valence-corrected chi connectivity index (χ2v) is 6.52. The number of carbonyl (C=O) groups excluding carboxylic acids is 3. The number of ether oxygens (including phenoxy) is 1. The van der Waals surface area contributed by atoms with E-state index in [9.17, 15) is 23.2 Å². The number of carbonyl (C=O) groups is 3. The van der Waals surface area contributed by atoms with Gasteiger partial charge in [-0.15, -0.1) is 0 Å². The van der Waals surface area contributed by atoms with E-state index in [4.69, 9.17) is 4.74 Å². The number of benzene rings is 1. The first-order valence-electron chi connectivity index (χ1n) is 9.26. The summed E-state index contributed by atoms with van der Waals surface area (Å²) in [6.07, 6.45) is 0.677. The Morgan fingerprint density at radius 1 is 1.21 bits per heavy atom. The van der Waals surface area contributed by atoms with E-state index >= 15 is 0 Å². The number of hydrogen-bond acceptors (Lipinski definition) is 4. The molecule has 0 spiro atoms. The minimum atomic E-state index is -0.858. The average molecular weight is 397 g/mol. The highest BCUT2D eigenvalue weighted by Gasteiger charge is 2.29. The summed E-state index contributed by atoms with van der Waals surface area (Å²) in [6, 6.07) is 3.21. The number of nitrogens with one attached hydrogen (secondary N) is 1. The molecular formula is C19H25F2N3O4. The minimum Gasteiger partial charge on any atom is -0.450 e. The van der Waals surface area contributed by atoms with Gasteiger partial charge in [0.25, 0.3) is 0 Å². The van der Waals surface area contributed by atoms with Gasteiger partial charge < -0.3 is 19.9 Å². The predicted molar refractivity (Wildman–Crippen MR) is 98.6 cm³/mol. The van der Waals surface area contributed by atoms with Crippen LogP contribution in [0.2, 0.25) is 0 Å². The third kappa shape index (κ3) is 5.64. The number of likely N-dealkylation sites (tertiary alicyclic amines) is 1. The number of anilines is 1. The molecule has 0 unspecified atom stereocenters. The molecule has 9 heteroatoms. The summed E-state index contributed by atoms with van der Waals surface area (Å²) >= 11 is 0. The number of amides is 3. The van der Waals surface area contributed by atoms with Gasteiger partial charge in [0.2, 0.25) is 11.8 Å². The fourth-order valence-corrected chi connectivity index (χ4v) is 3.21. The predicted octanol–water partition coefficient (Wildman–Crippen LogP) is 2.76. The molecule has 1 fully saturated rings. The van der Waals surface area contributed by atoms with Crippen LogP contribution >= 0.6 is 0 Å². The Morgan fingerprint density at radius 2 is 1.82 bits per heavy atom. The zero-order chi connectivity index (χ0) is 20.7. The third-order valence-corrected chi connectivity index (χ3v) is 4.64. The van der Waals surface area contributed by atoms with Crippen molar-refractivity contribution in [1.29, 1.82) is 0 Å². The lowest BCUT2D eigenvalue weighted by Crippen LogP contribution is -2.49. The molecule has 154 valence electrons. The number of piperidine rings is 1. The number of rotatable bonds is 6. The van der Waals surface area contributed by atoms with Gasteiger partial charge in [-0.25, -0.2) is 13.6 Å². The van der Waals surface area contributed by atoms with Crippen molar-refractivity contribution in [2.45, 2.75) is 39.2 Å². The van der Waals surface area contributed by atoms with Gasteiger partial charge in [-0.2, -0.15) is 0 Å². The van der Waals surface area contributed by atoms with Crippen LogP contribution in [-0.2, 0) is 14.3 Å².